The van der Waals surface area contributed by atoms with E-state index in [2.05, 4.69) is 0 Å². The Morgan fingerprint density at radius 3 is 1.83 bits per heavy atom. The highest BCUT2D eigenvalue weighted by molar-refractivity contribution is 8.22. The minimum atomic E-state index is -3.36. The molecule has 0 rings (SSSR count). The zero-order chi connectivity index (χ0) is 9.78. The molecule has 0 fully saturated rings. The van der Waals surface area contributed by atoms with Gasteiger partial charge in [0.25, 0.3) is 0 Å². The van der Waals surface area contributed by atoms with Crippen molar-refractivity contribution in [2.24, 2.45) is 0 Å². The second kappa shape index (κ2) is 4.80. The third kappa shape index (κ3) is 3.09. The minimum absolute atomic E-state index is 0.137. The van der Waals surface area contributed by atoms with Gasteiger partial charge in [-0.05, 0) is 12.5 Å². The summed E-state index contributed by atoms with van der Waals surface area (Å²) in [5.41, 5.74) is 0. The Bertz CT molecular complexity index is 317. The lowest BCUT2D eigenvalue weighted by molar-refractivity contribution is 0.608. The van der Waals surface area contributed by atoms with Gasteiger partial charge in [0.2, 0.25) is 0 Å². The standard InChI is InChI=1S/C6H9NO2S3/c1-10-6(11-2)5(4-7)12(3,8)9/h1-3H3. The van der Waals surface area contributed by atoms with Gasteiger partial charge in [-0.2, -0.15) is 5.26 Å². The number of hydrogen-bond acceptors (Lipinski definition) is 5. The first-order valence-corrected chi connectivity index (χ1v) is 7.23. The van der Waals surface area contributed by atoms with E-state index in [1.165, 1.54) is 23.5 Å². The van der Waals surface area contributed by atoms with Crippen LogP contribution in [0, 0.1) is 11.3 Å². The number of hydrogen-bond donors (Lipinski definition) is 0. The van der Waals surface area contributed by atoms with E-state index in [0.29, 0.717) is 4.24 Å². The van der Waals surface area contributed by atoms with E-state index in [0.717, 1.165) is 6.26 Å². The van der Waals surface area contributed by atoms with Crippen LogP contribution >= 0.6 is 23.5 Å². The molecule has 0 unspecified atom stereocenters. The Morgan fingerprint density at radius 1 is 1.33 bits per heavy atom. The summed E-state index contributed by atoms with van der Waals surface area (Å²) in [7, 11) is -3.36. The van der Waals surface area contributed by atoms with Gasteiger partial charge in [-0.3, -0.25) is 0 Å². The van der Waals surface area contributed by atoms with Crippen LogP contribution in [0.25, 0.3) is 0 Å². The fraction of sp³-hybridized carbons (Fsp3) is 0.500. The molecule has 0 amide bonds. The van der Waals surface area contributed by atoms with E-state index in [-0.39, 0.29) is 4.91 Å². The average molecular weight is 223 g/mol. The molecule has 6 heteroatoms. The number of nitrogens with zero attached hydrogens (tertiary/aromatic N) is 1. The van der Waals surface area contributed by atoms with E-state index >= 15 is 0 Å². The van der Waals surface area contributed by atoms with Gasteiger partial charge in [-0.1, -0.05) is 0 Å². The van der Waals surface area contributed by atoms with Crippen LogP contribution in [0.5, 0.6) is 0 Å². The topological polar surface area (TPSA) is 57.9 Å². The first-order valence-electron chi connectivity index (χ1n) is 2.89. The van der Waals surface area contributed by atoms with Gasteiger partial charge in [0, 0.05) is 6.26 Å². The summed E-state index contributed by atoms with van der Waals surface area (Å²) in [6, 6.07) is 1.69. The van der Waals surface area contributed by atoms with Crippen LogP contribution in [0.15, 0.2) is 9.14 Å². The first-order chi connectivity index (χ1) is 5.47. The summed E-state index contributed by atoms with van der Waals surface area (Å²) in [5, 5.41) is 8.58. The Balaban J connectivity index is 5.31. The van der Waals surface area contributed by atoms with Crippen molar-refractivity contribution in [1.82, 2.24) is 0 Å². The molecule has 0 heterocycles. The summed E-state index contributed by atoms with van der Waals surface area (Å²) in [6.45, 7) is 0. The Morgan fingerprint density at radius 2 is 1.75 bits per heavy atom. The lowest BCUT2D eigenvalue weighted by atomic mass is 10.7. The average Bonchev–Trinajstić information content (AvgIpc) is 1.97. The van der Waals surface area contributed by atoms with Crippen molar-refractivity contribution in [1.29, 1.82) is 5.26 Å². The van der Waals surface area contributed by atoms with E-state index in [4.69, 9.17) is 5.26 Å². The second-order valence-electron chi connectivity index (χ2n) is 1.91. The molecule has 0 bridgehead atoms. The first kappa shape index (κ1) is 11.9. The molecular weight excluding hydrogens is 214 g/mol. The normalized spacial score (nSPS) is 10.5. The highest BCUT2D eigenvalue weighted by Gasteiger charge is 2.15. The van der Waals surface area contributed by atoms with Gasteiger partial charge in [0.1, 0.15) is 6.07 Å². The molecule has 0 radical (unpaired) electrons. The molecule has 0 N–H and O–H groups in total. The Hall–Kier alpha value is -0.120. The Labute approximate surface area is 81.1 Å². The van der Waals surface area contributed by atoms with Crippen molar-refractivity contribution in [2.45, 2.75) is 0 Å². The third-order valence-electron chi connectivity index (χ3n) is 1.03. The Kier molecular flexibility index (Phi) is 4.75. The highest BCUT2D eigenvalue weighted by Crippen LogP contribution is 2.29. The molecule has 12 heavy (non-hydrogen) atoms. The van der Waals surface area contributed by atoms with E-state index in [1.54, 1.807) is 18.6 Å². The SMILES string of the molecule is CSC(SC)=C(C#N)S(C)(=O)=O. The molecule has 0 aromatic carbocycles. The molecule has 0 aliphatic heterocycles. The predicted octanol–water partition coefficient (Wildman–Crippen LogP) is 1.45. The van der Waals surface area contributed by atoms with Gasteiger partial charge in [0.05, 0.1) is 4.24 Å². The van der Waals surface area contributed by atoms with Crippen LogP contribution in [0.2, 0.25) is 0 Å². The van der Waals surface area contributed by atoms with Crippen molar-refractivity contribution in [3.05, 3.63) is 9.14 Å². The maximum absolute atomic E-state index is 11.0. The minimum Gasteiger partial charge on any atom is -0.223 e. The molecule has 68 valence electrons. The van der Waals surface area contributed by atoms with Crippen molar-refractivity contribution < 1.29 is 8.42 Å². The van der Waals surface area contributed by atoms with Crippen LogP contribution in [0.3, 0.4) is 0 Å². The summed E-state index contributed by atoms with van der Waals surface area (Å²) in [6.07, 6.45) is 4.53. The quantitative estimate of drug-likeness (QED) is 0.678. The summed E-state index contributed by atoms with van der Waals surface area (Å²) < 4.78 is 22.6. The van der Waals surface area contributed by atoms with Crippen LogP contribution in [-0.2, 0) is 9.84 Å². The smallest absolute Gasteiger partial charge is 0.187 e. The van der Waals surface area contributed by atoms with Crippen molar-refractivity contribution in [2.75, 3.05) is 18.8 Å². The number of thioether (sulfide) groups is 2. The van der Waals surface area contributed by atoms with Gasteiger partial charge in [-0.25, -0.2) is 8.42 Å². The molecule has 0 saturated heterocycles. The highest BCUT2D eigenvalue weighted by atomic mass is 32.2. The zero-order valence-corrected chi connectivity index (χ0v) is 9.44. The van der Waals surface area contributed by atoms with Crippen molar-refractivity contribution >= 4 is 33.4 Å². The lowest BCUT2D eigenvalue weighted by Crippen LogP contribution is -2.00. The summed E-state index contributed by atoms with van der Waals surface area (Å²) in [4.78, 5) is -0.137. The van der Waals surface area contributed by atoms with Crippen LogP contribution < -0.4 is 0 Å². The predicted molar refractivity (Wildman–Crippen MR) is 54.5 cm³/mol. The molecule has 0 aromatic heterocycles. The maximum atomic E-state index is 11.0. The van der Waals surface area contributed by atoms with Crippen LogP contribution in [0.1, 0.15) is 0 Å². The summed E-state index contributed by atoms with van der Waals surface area (Å²) in [5.74, 6) is 0. The van der Waals surface area contributed by atoms with Gasteiger partial charge in [-0.15, -0.1) is 23.5 Å². The van der Waals surface area contributed by atoms with Crippen molar-refractivity contribution in [3.8, 4) is 6.07 Å². The largest absolute Gasteiger partial charge is 0.223 e. The number of rotatable bonds is 3. The summed E-state index contributed by atoms with van der Waals surface area (Å²) >= 11 is 2.54. The molecule has 0 aliphatic rings. The number of sulfone groups is 1. The van der Waals surface area contributed by atoms with Crippen molar-refractivity contribution in [3.63, 3.8) is 0 Å². The fourth-order valence-electron chi connectivity index (χ4n) is 0.549. The molecule has 0 aromatic rings. The molecule has 0 atom stereocenters. The van der Waals surface area contributed by atoms with E-state index < -0.39 is 9.84 Å². The molecular formula is C6H9NO2S3. The van der Waals surface area contributed by atoms with Crippen LogP contribution in [0.4, 0.5) is 0 Å². The number of nitriles is 1. The molecule has 0 aliphatic carbocycles. The van der Waals surface area contributed by atoms with Gasteiger partial charge < -0.3 is 0 Å². The fourth-order valence-corrected chi connectivity index (χ4v) is 3.55. The third-order valence-corrected chi connectivity index (χ3v) is 4.47. The molecule has 0 saturated carbocycles. The zero-order valence-electron chi connectivity index (χ0n) is 6.99. The van der Waals surface area contributed by atoms with Crippen LogP contribution in [-0.4, -0.2) is 27.2 Å². The van der Waals surface area contributed by atoms with Gasteiger partial charge in [0.15, 0.2) is 14.7 Å². The van der Waals surface area contributed by atoms with E-state index in [1.807, 2.05) is 0 Å². The number of allylic oxidation sites excluding steroid dienone is 1. The molecule has 0 spiro atoms. The lowest BCUT2D eigenvalue weighted by Gasteiger charge is -2.01. The second-order valence-corrected chi connectivity index (χ2v) is 5.75. The molecule has 3 nitrogen and oxygen atoms in total. The maximum Gasteiger partial charge on any atom is 0.187 e. The van der Waals surface area contributed by atoms with E-state index in [9.17, 15) is 8.42 Å². The monoisotopic (exact) mass is 223 g/mol. The van der Waals surface area contributed by atoms with Gasteiger partial charge >= 0.3 is 0 Å².